The summed E-state index contributed by atoms with van der Waals surface area (Å²) in [4.78, 5) is 16.0. The van der Waals surface area contributed by atoms with Crippen molar-refractivity contribution in [3.63, 3.8) is 0 Å². The minimum absolute atomic E-state index is 0.174. The number of hydrogen-bond acceptors (Lipinski definition) is 4. The van der Waals surface area contributed by atoms with Crippen LogP contribution in [0.5, 0.6) is 0 Å². The number of aromatic nitrogens is 1. The van der Waals surface area contributed by atoms with Crippen LogP contribution in [0, 0.1) is 11.2 Å². The smallest absolute Gasteiger partial charge is 0.233 e. The lowest BCUT2D eigenvalue weighted by Crippen LogP contribution is -2.46. The lowest BCUT2D eigenvalue weighted by atomic mass is 9.79. The Balaban J connectivity index is 2.07. The minimum Gasteiger partial charge on any atom is -0.381 e. The molecule has 0 bridgehead atoms. The topological polar surface area (TPSA) is 77.2 Å². The number of anilines is 1. The zero-order valence-corrected chi connectivity index (χ0v) is 9.99. The highest BCUT2D eigenvalue weighted by molar-refractivity contribution is 5.94. The molecule has 18 heavy (non-hydrogen) atoms. The summed E-state index contributed by atoms with van der Waals surface area (Å²) in [5.41, 5.74) is 5.12. The summed E-state index contributed by atoms with van der Waals surface area (Å²) in [5.74, 6) is -0.277. The molecule has 1 aromatic heterocycles. The van der Waals surface area contributed by atoms with Gasteiger partial charge >= 0.3 is 0 Å². The van der Waals surface area contributed by atoms with Gasteiger partial charge in [0, 0.05) is 19.8 Å². The molecule has 1 aromatic rings. The third-order valence-corrected chi connectivity index (χ3v) is 3.29. The SMILES string of the molecule is NCC1(C(=O)Nc2ccc(F)cn2)CCOCC1. The fourth-order valence-electron chi connectivity index (χ4n) is 1.98. The maximum Gasteiger partial charge on any atom is 0.233 e. The third kappa shape index (κ3) is 2.65. The van der Waals surface area contributed by atoms with Gasteiger partial charge in [0.2, 0.25) is 5.91 Å². The summed E-state index contributed by atoms with van der Waals surface area (Å²) in [5, 5.41) is 2.68. The molecule has 0 aromatic carbocycles. The van der Waals surface area contributed by atoms with Crippen molar-refractivity contribution in [3.8, 4) is 0 Å². The third-order valence-electron chi connectivity index (χ3n) is 3.29. The van der Waals surface area contributed by atoms with Gasteiger partial charge in [-0.2, -0.15) is 0 Å². The maximum atomic E-state index is 12.7. The van der Waals surface area contributed by atoms with Crippen molar-refractivity contribution < 1.29 is 13.9 Å². The number of carbonyl (C=O) groups is 1. The van der Waals surface area contributed by atoms with Gasteiger partial charge in [0.15, 0.2) is 0 Å². The second-order valence-corrected chi connectivity index (χ2v) is 4.41. The molecule has 1 saturated heterocycles. The van der Waals surface area contributed by atoms with E-state index in [1.54, 1.807) is 0 Å². The predicted molar refractivity (Wildman–Crippen MR) is 64.4 cm³/mol. The van der Waals surface area contributed by atoms with Crippen LogP contribution in [-0.4, -0.2) is 30.6 Å². The van der Waals surface area contributed by atoms with E-state index in [9.17, 15) is 9.18 Å². The normalized spacial score (nSPS) is 18.3. The molecular formula is C12H16FN3O2. The van der Waals surface area contributed by atoms with E-state index in [1.807, 2.05) is 0 Å². The standard InChI is InChI=1S/C12H16FN3O2/c13-9-1-2-10(15-7-9)16-11(17)12(8-14)3-5-18-6-4-12/h1-2,7H,3-6,8,14H2,(H,15,16,17). The molecule has 0 spiro atoms. The number of carbonyl (C=O) groups excluding carboxylic acids is 1. The Morgan fingerprint density at radius 1 is 1.50 bits per heavy atom. The van der Waals surface area contributed by atoms with Crippen molar-refractivity contribution in [2.45, 2.75) is 12.8 Å². The van der Waals surface area contributed by atoms with Crippen LogP contribution in [0.2, 0.25) is 0 Å². The fourth-order valence-corrected chi connectivity index (χ4v) is 1.98. The first-order chi connectivity index (χ1) is 8.66. The van der Waals surface area contributed by atoms with E-state index in [1.165, 1.54) is 12.1 Å². The summed E-state index contributed by atoms with van der Waals surface area (Å²) in [6.07, 6.45) is 2.25. The number of ether oxygens (including phenoxy) is 1. The van der Waals surface area contributed by atoms with Gasteiger partial charge in [-0.1, -0.05) is 0 Å². The van der Waals surface area contributed by atoms with Gasteiger partial charge in [-0.3, -0.25) is 4.79 Å². The zero-order valence-electron chi connectivity index (χ0n) is 9.99. The Morgan fingerprint density at radius 2 is 2.22 bits per heavy atom. The number of nitrogens with zero attached hydrogens (tertiary/aromatic N) is 1. The Labute approximate surface area is 105 Å². The first-order valence-electron chi connectivity index (χ1n) is 5.87. The largest absolute Gasteiger partial charge is 0.381 e. The zero-order chi connectivity index (χ0) is 13.0. The van der Waals surface area contributed by atoms with Crippen molar-refractivity contribution in [3.05, 3.63) is 24.1 Å². The molecule has 1 fully saturated rings. The molecule has 6 heteroatoms. The van der Waals surface area contributed by atoms with Crippen LogP contribution in [0.3, 0.4) is 0 Å². The highest BCUT2D eigenvalue weighted by Crippen LogP contribution is 2.30. The molecule has 0 radical (unpaired) electrons. The molecule has 0 saturated carbocycles. The molecule has 2 rings (SSSR count). The predicted octanol–water partition coefficient (Wildman–Crippen LogP) is 0.915. The van der Waals surface area contributed by atoms with Crippen LogP contribution >= 0.6 is 0 Å². The number of halogens is 1. The van der Waals surface area contributed by atoms with E-state index in [0.717, 1.165) is 6.20 Å². The lowest BCUT2D eigenvalue weighted by molar-refractivity contribution is -0.130. The molecule has 0 aliphatic carbocycles. The van der Waals surface area contributed by atoms with Gasteiger partial charge < -0.3 is 15.8 Å². The second-order valence-electron chi connectivity index (χ2n) is 4.41. The van der Waals surface area contributed by atoms with Gasteiger partial charge in [-0.15, -0.1) is 0 Å². The van der Waals surface area contributed by atoms with Crippen molar-refractivity contribution in [2.24, 2.45) is 11.1 Å². The van der Waals surface area contributed by atoms with Crippen LogP contribution in [0.4, 0.5) is 10.2 Å². The van der Waals surface area contributed by atoms with E-state index in [-0.39, 0.29) is 12.5 Å². The average molecular weight is 253 g/mol. The Morgan fingerprint density at radius 3 is 2.78 bits per heavy atom. The summed E-state index contributed by atoms with van der Waals surface area (Å²) in [6, 6.07) is 2.68. The molecule has 1 amide bonds. The van der Waals surface area contributed by atoms with Crippen LogP contribution in [0.1, 0.15) is 12.8 Å². The quantitative estimate of drug-likeness (QED) is 0.839. The van der Waals surface area contributed by atoms with Gasteiger partial charge in [0.1, 0.15) is 11.6 Å². The minimum atomic E-state index is -0.603. The number of nitrogens with two attached hydrogens (primary N) is 1. The summed E-state index contributed by atoms with van der Waals surface area (Å²) < 4.78 is 18.0. The van der Waals surface area contributed by atoms with Crippen LogP contribution in [-0.2, 0) is 9.53 Å². The van der Waals surface area contributed by atoms with Crippen molar-refractivity contribution in [1.82, 2.24) is 4.98 Å². The van der Waals surface area contributed by atoms with Gasteiger partial charge in [0.25, 0.3) is 0 Å². The highest BCUT2D eigenvalue weighted by atomic mass is 19.1. The van der Waals surface area contributed by atoms with Crippen molar-refractivity contribution in [1.29, 1.82) is 0 Å². The molecule has 5 nitrogen and oxygen atoms in total. The highest BCUT2D eigenvalue weighted by Gasteiger charge is 2.38. The first-order valence-corrected chi connectivity index (χ1v) is 5.87. The Kier molecular flexibility index (Phi) is 3.88. The van der Waals surface area contributed by atoms with Crippen LogP contribution < -0.4 is 11.1 Å². The molecule has 1 aliphatic rings. The lowest BCUT2D eigenvalue weighted by Gasteiger charge is -2.34. The molecule has 2 heterocycles. The Bertz CT molecular complexity index is 416. The summed E-state index contributed by atoms with van der Waals surface area (Å²) in [6.45, 7) is 1.33. The van der Waals surface area contributed by atoms with Gasteiger partial charge in [-0.05, 0) is 25.0 Å². The van der Waals surface area contributed by atoms with Gasteiger partial charge in [0.05, 0.1) is 11.6 Å². The average Bonchev–Trinajstić information content (AvgIpc) is 2.42. The van der Waals surface area contributed by atoms with Crippen molar-refractivity contribution >= 4 is 11.7 Å². The van der Waals surface area contributed by atoms with Crippen molar-refractivity contribution in [2.75, 3.05) is 25.1 Å². The fraction of sp³-hybridized carbons (Fsp3) is 0.500. The molecular weight excluding hydrogens is 237 g/mol. The van der Waals surface area contributed by atoms with Gasteiger partial charge in [-0.25, -0.2) is 9.37 Å². The number of pyridine rings is 1. The van der Waals surface area contributed by atoms with E-state index < -0.39 is 11.2 Å². The summed E-state index contributed by atoms with van der Waals surface area (Å²) in [7, 11) is 0. The Hall–Kier alpha value is -1.53. The molecule has 1 aliphatic heterocycles. The van der Waals surface area contributed by atoms with Crippen LogP contribution in [0.15, 0.2) is 18.3 Å². The van der Waals surface area contributed by atoms with E-state index >= 15 is 0 Å². The van der Waals surface area contributed by atoms with E-state index in [4.69, 9.17) is 10.5 Å². The second kappa shape index (κ2) is 5.41. The van der Waals surface area contributed by atoms with Crippen LogP contribution in [0.25, 0.3) is 0 Å². The maximum absolute atomic E-state index is 12.7. The van der Waals surface area contributed by atoms with E-state index in [0.29, 0.717) is 31.9 Å². The monoisotopic (exact) mass is 253 g/mol. The molecule has 3 N–H and O–H groups in total. The summed E-state index contributed by atoms with van der Waals surface area (Å²) >= 11 is 0. The first kappa shape index (κ1) is 12.9. The number of rotatable bonds is 3. The molecule has 0 unspecified atom stereocenters. The number of nitrogens with one attached hydrogen (secondary N) is 1. The van der Waals surface area contributed by atoms with E-state index in [2.05, 4.69) is 10.3 Å². The number of hydrogen-bond donors (Lipinski definition) is 2. The molecule has 98 valence electrons. The molecule has 0 atom stereocenters. The number of amides is 1.